The Kier molecular flexibility index (Phi) is 10.1. The van der Waals surface area contributed by atoms with Gasteiger partial charge in [-0.3, -0.25) is 19.2 Å². The van der Waals surface area contributed by atoms with E-state index in [1.807, 2.05) is 185 Å². The van der Waals surface area contributed by atoms with Crippen LogP contribution < -0.4 is 28.7 Å². The summed E-state index contributed by atoms with van der Waals surface area (Å²) in [6.45, 7) is 7.50. The van der Waals surface area contributed by atoms with E-state index >= 15 is 19.2 Å². The van der Waals surface area contributed by atoms with Crippen LogP contribution in [0, 0.1) is 27.7 Å². The summed E-state index contributed by atoms with van der Waals surface area (Å²) in [5, 5.41) is 3.35. The van der Waals surface area contributed by atoms with Crippen LogP contribution in [-0.2, 0) is 0 Å². The van der Waals surface area contributed by atoms with E-state index in [9.17, 15) is 0 Å². The third-order valence-electron chi connectivity index (χ3n) is 14.1. The molecule has 0 aliphatic carbocycles. The Morgan fingerprint density at radius 2 is 0.500 bits per heavy atom. The first-order valence-electron chi connectivity index (χ1n) is 24.2. The second-order valence-electron chi connectivity index (χ2n) is 18.7. The second kappa shape index (κ2) is 16.9. The summed E-state index contributed by atoms with van der Waals surface area (Å²) in [6.07, 6.45) is 0. The maximum absolute atomic E-state index is 15.6. The summed E-state index contributed by atoms with van der Waals surface area (Å²) in [5.41, 5.74) is 4.73. The summed E-state index contributed by atoms with van der Waals surface area (Å²) in [5.74, 6) is 0.615. The zero-order chi connectivity index (χ0) is 50.5. The molecular weight excluding hydrogens is 925 g/mol. The minimum Gasteiger partial charge on any atom is -0.457 e. The number of ether oxygens (including phenoxy) is 4. The Balaban J connectivity index is 1.27. The van der Waals surface area contributed by atoms with Gasteiger partial charge in [0.25, 0.3) is 23.6 Å². The van der Waals surface area contributed by atoms with Crippen molar-refractivity contribution in [2.24, 2.45) is 0 Å². The Bertz CT molecular complexity index is 3670. The number of aryl methyl sites for hydroxylation is 4. The van der Waals surface area contributed by atoms with Gasteiger partial charge in [0, 0.05) is 43.1 Å². The molecule has 2 aliphatic rings. The van der Waals surface area contributed by atoms with E-state index in [0.29, 0.717) is 77.5 Å². The molecule has 10 heteroatoms. The Morgan fingerprint density at radius 1 is 0.270 bits per heavy atom. The Hall–Kier alpha value is -9.80. The fourth-order valence-electron chi connectivity index (χ4n) is 11.0. The van der Waals surface area contributed by atoms with Gasteiger partial charge >= 0.3 is 0 Å². The first kappa shape index (κ1) is 44.2. The molecular formula is C64H42N2O8. The van der Waals surface area contributed by atoms with Crippen LogP contribution in [0.3, 0.4) is 0 Å². The summed E-state index contributed by atoms with van der Waals surface area (Å²) < 4.78 is 28.1. The highest BCUT2D eigenvalue weighted by Gasteiger charge is 2.43. The van der Waals surface area contributed by atoms with Gasteiger partial charge in [-0.25, -0.2) is 9.80 Å². The topological polar surface area (TPSA) is 112 Å². The average molecular weight is 967 g/mol. The van der Waals surface area contributed by atoms with E-state index in [0.717, 1.165) is 22.3 Å². The summed E-state index contributed by atoms with van der Waals surface area (Å²) in [6, 6.07) is 54.9. The van der Waals surface area contributed by atoms with Crippen molar-refractivity contribution in [2.75, 3.05) is 9.80 Å². The molecule has 0 fully saturated rings. The van der Waals surface area contributed by atoms with E-state index in [2.05, 4.69) is 0 Å². The molecule has 0 spiro atoms. The fourth-order valence-corrected chi connectivity index (χ4v) is 11.0. The van der Waals surface area contributed by atoms with Gasteiger partial charge in [0.2, 0.25) is 0 Å². The molecule has 0 radical (unpaired) electrons. The monoisotopic (exact) mass is 966 g/mol. The van der Waals surface area contributed by atoms with Crippen molar-refractivity contribution in [3.8, 4) is 46.0 Å². The molecule has 2 aliphatic heterocycles. The lowest BCUT2D eigenvalue weighted by Crippen LogP contribution is -2.41. The molecule has 11 aromatic rings. The Morgan fingerprint density at radius 3 is 0.730 bits per heavy atom. The fraction of sp³-hybridized carbons (Fsp3) is 0.0625. The quantitative estimate of drug-likeness (QED) is 0.0757. The first-order chi connectivity index (χ1) is 36.0. The normalized spacial score (nSPS) is 13.2. The minimum absolute atomic E-state index is 0.208. The molecule has 10 nitrogen and oxygen atoms in total. The number of rotatable bonds is 10. The standard InChI is InChI=1S/C64H42N2O8/c1-35-19-17-20-36(2)59(35)65-61(67)43-31-47(71-39-23-9-5-10-24-39)53-55-49(73-41-27-13-7-14-28-41)33-45-52-46(64(70)66(63(45)69)60-37(3)21-18-22-38(60)4)34-50(74-42-29-15-8-16-30-42)56(58(52)55)54-48(72-40-25-11-6-12-26-40)32-44(62(65)68)51(43)57(53)54/h5-34H,1-4H3. The van der Waals surface area contributed by atoms with Gasteiger partial charge < -0.3 is 18.9 Å². The molecule has 356 valence electrons. The van der Waals surface area contributed by atoms with Crippen molar-refractivity contribution in [2.45, 2.75) is 27.7 Å². The highest BCUT2D eigenvalue weighted by atomic mass is 16.5. The summed E-state index contributed by atoms with van der Waals surface area (Å²) in [7, 11) is 0. The highest BCUT2D eigenvalue weighted by Crippen LogP contribution is 2.58. The number of imide groups is 2. The van der Waals surface area contributed by atoms with Gasteiger partial charge in [0.05, 0.1) is 33.6 Å². The van der Waals surface area contributed by atoms with E-state index in [4.69, 9.17) is 18.9 Å². The molecule has 13 rings (SSSR count). The van der Waals surface area contributed by atoms with Gasteiger partial charge in [-0.1, -0.05) is 109 Å². The molecule has 0 unspecified atom stereocenters. The summed E-state index contributed by atoms with van der Waals surface area (Å²) >= 11 is 0. The number of carbonyl (C=O) groups is 4. The number of benzene rings is 11. The predicted molar refractivity (Wildman–Crippen MR) is 288 cm³/mol. The average Bonchev–Trinajstić information content (AvgIpc) is 3.54. The van der Waals surface area contributed by atoms with Crippen LogP contribution in [0.2, 0.25) is 0 Å². The van der Waals surface area contributed by atoms with Crippen LogP contribution in [0.25, 0.3) is 43.1 Å². The van der Waals surface area contributed by atoms with Crippen LogP contribution in [0.1, 0.15) is 63.7 Å². The number of fused-ring (bicyclic) bond motifs is 2. The largest absolute Gasteiger partial charge is 0.457 e. The zero-order valence-corrected chi connectivity index (χ0v) is 40.5. The van der Waals surface area contributed by atoms with E-state index < -0.39 is 23.6 Å². The molecule has 74 heavy (non-hydrogen) atoms. The lowest BCUT2D eigenvalue weighted by Gasteiger charge is -2.33. The number of anilines is 2. The third-order valence-corrected chi connectivity index (χ3v) is 14.1. The molecule has 2 heterocycles. The molecule has 0 aromatic heterocycles. The first-order valence-corrected chi connectivity index (χ1v) is 24.2. The zero-order valence-electron chi connectivity index (χ0n) is 40.5. The van der Waals surface area contributed by atoms with Gasteiger partial charge in [-0.15, -0.1) is 0 Å². The second-order valence-corrected chi connectivity index (χ2v) is 18.7. The van der Waals surface area contributed by atoms with Crippen LogP contribution in [0.4, 0.5) is 11.4 Å². The molecule has 0 bridgehead atoms. The number of hydrogen-bond donors (Lipinski definition) is 0. The van der Waals surface area contributed by atoms with Gasteiger partial charge in [-0.05, 0) is 123 Å². The third kappa shape index (κ3) is 6.72. The van der Waals surface area contributed by atoms with Crippen molar-refractivity contribution in [1.29, 1.82) is 0 Å². The maximum atomic E-state index is 15.6. The molecule has 0 atom stereocenters. The number of hydrogen-bond acceptors (Lipinski definition) is 8. The minimum atomic E-state index is -0.549. The lowest BCUT2D eigenvalue weighted by molar-refractivity contribution is 0.0877. The van der Waals surface area contributed by atoms with Crippen molar-refractivity contribution in [3.05, 3.63) is 226 Å². The number of amides is 4. The molecule has 0 saturated carbocycles. The van der Waals surface area contributed by atoms with E-state index in [1.165, 1.54) is 9.80 Å². The van der Waals surface area contributed by atoms with E-state index in [1.54, 1.807) is 24.3 Å². The van der Waals surface area contributed by atoms with Crippen LogP contribution in [0.15, 0.2) is 182 Å². The molecule has 11 aromatic carbocycles. The van der Waals surface area contributed by atoms with Crippen LogP contribution in [0.5, 0.6) is 46.0 Å². The number of nitrogens with zero attached hydrogens (tertiary/aromatic N) is 2. The number of para-hydroxylation sites is 6. The maximum Gasteiger partial charge on any atom is 0.266 e. The van der Waals surface area contributed by atoms with Crippen molar-refractivity contribution < 1.29 is 38.1 Å². The number of carbonyl (C=O) groups excluding carboxylic acids is 4. The highest BCUT2D eigenvalue weighted by molar-refractivity contribution is 6.48. The van der Waals surface area contributed by atoms with Crippen molar-refractivity contribution >= 4 is 78.1 Å². The molecule has 0 N–H and O–H groups in total. The summed E-state index contributed by atoms with van der Waals surface area (Å²) in [4.78, 5) is 64.8. The van der Waals surface area contributed by atoms with Gasteiger partial charge in [-0.2, -0.15) is 0 Å². The van der Waals surface area contributed by atoms with Crippen LogP contribution in [-0.4, -0.2) is 23.6 Å². The van der Waals surface area contributed by atoms with Gasteiger partial charge in [0.1, 0.15) is 46.0 Å². The Labute approximate surface area is 424 Å². The predicted octanol–water partition coefficient (Wildman–Crippen LogP) is 15.7. The smallest absolute Gasteiger partial charge is 0.266 e. The van der Waals surface area contributed by atoms with Crippen LogP contribution >= 0.6 is 0 Å². The molecule has 4 amide bonds. The molecule has 0 saturated heterocycles. The van der Waals surface area contributed by atoms with Crippen molar-refractivity contribution in [3.63, 3.8) is 0 Å². The van der Waals surface area contributed by atoms with E-state index in [-0.39, 0.29) is 45.3 Å². The SMILES string of the molecule is Cc1cccc(C)c1N1C(=O)c2cc(Oc3ccccc3)c3c4c(Oc5ccccc5)cc5c6c(cc(Oc7ccccc7)c(c7c(Oc8ccccc8)cc(c2c37)C1=O)c64)C(=O)N(c1c(C)cccc1C)C5=O. The lowest BCUT2D eigenvalue weighted by atomic mass is 9.80. The van der Waals surface area contributed by atoms with Crippen molar-refractivity contribution in [1.82, 2.24) is 0 Å². The van der Waals surface area contributed by atoms with Gasteiger partial charge in [0.15, 0.2) is 0 Å².